The number of carbonyl (C=O) groups excluding carboxylic acids is 1. The molecule has 0 aromatic carbocycles. The van der Waals surface area contributed by atoms with Gasteiger partial charge in [0.2, 0.25) is 5.91 Å². The number of hydrogen-bond donors (Lipinski definition) is 9. The van der Waals surface area contributed by atoms with E-state index in [-0.39, 0.29) is 0 Å². The predicted molar refractivity (Wildman–Crippen MR) is 121 cm³/mol. The molecule has 0 radical (unpaired) electrons. The minimum absolute atomic E-state index is 0.700. The van der Waals surface area contributed by atoms with Crippen molar-refractivity contribution in [1.82, 2.24) is 14.9 Å². The molecule has 0 bridgehead atoms. The van der Waals surface area contributed by atoms with Crippen LogP contribution in [-0.2, 0) is 41.6 Å². The van der Waals surface area contributed by atoms with Gasteiger partial charge in [-0.25, -0.2) is 18.7 Å². The van der Waals surface area contributed by atoms with Crippen LogP contribution in [0.2, 0.25) is 0 Å². The van der Waals surface area contributed by atoms with Crippen LogP contribution in [-0.4, -0.2) is 112 Å². The topological polar surface area (TPSA) is 323 Å². The van der Waals surface area contributed by atoms with E-state index in [1.54, 1.807) is 0 Å². The second kappa shape index (κ2) is 12.2. The molecule has 2 fully saturated rings. The van der Waals surface area contributed by atoms with Crippen molar-refractivity contribution < 1.29 is 76.9 Å². The lowest BCUT2D eigenvalue weighted by Gasteiger charge is -2.41. The summed E-state index contributed by atoms with van der Waals surface area (Å²) in [5, 5.41) is 51.6. The number of phosphoric acid groups is 2. The van der Waals surface area contributed by atoms with Crippen LogP contribution in [0.3, 0.4) is 0 Å². The molecule has 0 spiro atoms. The first kappa shape index (κ1) is 32.2. The van der Waals surface area contributed by atoms with Crippen molar-refractivity contribution in [3.05, 3.63) is 33.1 Å². The van der Waals surface area contributed by atoms with Gasteiger partial charge in [-0.2, -0.15) is 4.31 Å². The van der Waals surface area contributed by atoms with Crippen molar-refractivity contribution in [1.29, 1.82) is 0 Å². The molecule has 2 saturated heterocycles. The van der Waals surface area contributed by atoms with Gasteiger partial charge in [0, 0.05) is 19.2 Å². The minimum atomic E-state index is -5.76. The molecule has 23 heteroatoms. The lowest BCUT2D eigenvalue weighted by molar-refractivity contribution is -0.243. The molecule has 2 aliphatic rings. The van der Waals surface area contributed by atoms with E-state index >= 15 is 0 Å². The van der Waals surface area contributed by atoms with Crippen LogP contribution in [0.25, 0.3) is 0 Å². The molecule has 11 atom stereocenters. The van der Waals surface area contributed by atoms with Crippen LogP contribution in [0.5, 0.6) is 0 Å². The Morgan fingerprint density at radius 3 is 2.27 bits per heavy atom. The molecule has 40 heavy (non-hydrogen) atoms. The monoisotopic (exact) mass is 621 g/mol. The fourth-order valence-electron chi connectivity index (χ4n) is 3.74. The zero-order valence-electron chi connectivity index (χ0n) is 20.0. The number of aromatic nitrogens is 2. The summed E-state index contributed by atoms with van der Waals surface area (Å²) in [7, 11) is -11.4. The van der Waals surface area contributed by atoms with Crippen LogP contribution in [0.1, 0.15) is 13.2 Å². The number of phosphoric ester groups is 2. The van der Waals surface area contributed by atoms with E-state index in [2.05, 4.69) is 13.4 Å². The number of carbonyl (C=O) groups is 2. The third-order valence-electron chi connectivity index (χ3n) is 5.52. The smallest absolute Gasteiger partial charge is 0.479 e. The number of ether oxygens (including phenoxy) is 2. The number of rotatable bonds is 10. The number of hydrogen-bond acceptors (Lipinski definition) is 15. The van der Waals surface area contributed by atoms with Gasteiger partial charge in [0.15, 0.2) is 18.6 Å². The van der Waals surface area contributed by atoms with Gasteiger partial charge in [0.25, 0.3) is 5.56 Å². The van der Waals surface area contributed by atoms with Crippen molar-refractivity contribution in [3.63, 3.8) is 0 Å². The first-order chi connectivity index (χ1) is 18.4. The predicted octanol–water partition coefficient (Wildman–Crippen LogP) is -4.56. The highest BCUT2D eigenvalue weighted by atomic mass is 31.3. The van der Waals surface area contributed by atoms with Gasteiger partial charge in [-0.1, -0.05) is 0 Å². The number of carboxylic acids is 1. The molecule has 3 rings (SSSR count). The van der Waals surface area contributed by atoms with Gasteiger partial charge >= 0.3 is 27.3 Å². The van der Waals surface area contributed by atoms with E-state index in [0.717, 1.165) is 19.2 Å². The summed E-state index contributed by atoms with van der Waals surface area (Å²) < 4.78 is 48.7. The second-order valence-electron chi connectivity index (χ2n) is 8.45. The summed E-state index contributed by atoms with van der Waals surface area (Å²) in [5.41, 5.74) is -1.79. The molecular weight excluding hydrogens is 596 g/mol. The third kappa shape index (κ3) is 7.47. The summed E-state index contributed by atoms with van der Waals surface area (Å²) >= 11 is 0. The summed E-state index contributed by atoms with van der Waals surface area (Å²) in [6.45, 7) is -0.153. The van der Waals surface area contributed by atoms with E-state index in [4.69, 9.17) is 14.6 Å². The molecule has 0 aliphatic carbocycles. The Labute approximate surface area is 221 Å². The number of H-pyrrole nitrogens is 1. The molecule has 3 heterocycles. The Kier molecular flexibility index (Phi) is 9.85. The number of amides is 1. The van der Waals surface area contributed by atoms with Crippen LogP contribution >= 0.6 is 15.6 Å². The Bertz CT molecular complexity index is 1320. The molecule has 2 unspecified atom stereocenters. The van der Waals surface area contributed by atoms with Crippen LogP contribution in [0, 0.1) is 0 Å². The van der Waals surface area contributed by atoms with E-state index in [1.807, 2.05) is 10.3 Å². The van der Waals surface area contributed by atoms with Crippen molar-refractivity contribution in [2.45, 2.75) is 62.1 Å². The van der Waals surface area contributed by atoms with Crippen molar-refractivity contribution in [2.75, 3.05) is 6.61 Å². The normalized spacial score (nSPS) is 35.4. The van der Waals surface area contributed by atoms with Crippen molar-refractivity contribution in [3.8, 4) is 0 Å². The van der Waals surface area contributed by atoms with Gasteiger partial charge in [0.05, 0.1) is 6.61 Å². The minimum Gasteiger partial charge on any atom is -0.479 e. The Balaban J connectivity index is 1.68. The lowest BCUT2D eigenvalue weighted by atomic mass is 9.97. The molecular formula is C17H25N3O18P2. The standard InChI is InChI=1S/C17H25N3O18P2/c1-5(21)18-8-10(24)11(25)13(15(27)28)36-16(8)37-40(32,33)38-39(30,31)34-4-6-9(23)12(26)14(35-6)20-3-2-7(22)19-17(20)29/h2-3,6,8-14,16,23-26H,4H2,1H3,(H,18,21)(H,27,28)(H,30,31)(H,32,33)(H,19,22,29)/t6-,8-,9-,10-,11-,12-,13+,14-,16-/m1/s1. The number of aliphatic carboxylic acids is 1. The van der Waals surface area contributed by atoms with E-state index in [1.165, 1.54) is 0 Å². The number of aliphatic hydroxyl groups is 4. The largest absolute Gasteiger partial charge is 0.483 e. The molecule has 21 nitrogen and oxygen atoms in total. The molecule has 1 amide bonds. The second-order valence-corrected chi connectivity index (χ2v) is 11.5. The maximum Gasteiger partial charge on any atom is 0.483 e. The molecule has 9 N–H and O–H groups in total. The number of nitrogens with zero attached hydrogens (tertiary/aromatic N) is 1. The molecule has 1 aromatic heterocycles. The SMILES string of the molecule is CC(=O)N[C@H]1[C@@H](OP(=O)(O)OP(=O)(O)OC[C@H]2O[C@@H](n3ccc(=O)[nH]c3=O)[C@H](O)[C@@H]2O)O[C@H](C(=O)O)[C@H](O)[C@@H]1O. The van der Waals surface area contributed by atoms with Crippen molar-refractivity contribution >= 4 is 27.5 Å². The van der Waals surface area contributed by atoms with Crippen LogP contribution < -0.4 is 16.6 Å². The molecule has 1 aromatic rings. The van der Waals surface area contributed by atoms with Gasteiger partial charge in [0.1, 0.15) is 36.6 Å². The number of nitrogens with one attached hydrogen (secondary N) is 2. The first-order valence-electron chi connectivity index (χ1n) is 11.0. The van der Waals surface area contributed by atoms with Crippen LogP contribution in [0.4, 0.5) is 0 Å². The van der Waals surface area contributed by atoms with E-state index in [9.17, 15) is 58.5 Å². The summed E-state index contributed by atoms with van der Waals surface area (Å²) in [5.74, 6) is -2.72. The highest BCUT2D eigenvalue weighted by molar-refractivity contribution is 7.61. The maximum absolute atomic E-state index is 12.4. The fraction of sp³-hybridized carbons (Fsp3) is 0.647. The maximum atomic E-state index is 12.4. The third-order valence-corrected chi connectivity index (χ3v) is 8.12. The Morgan fingerprint density at radius 2 is 1.70 bits per heavy atom. The quantitative estimate of drug-likeness (QED) is 0.111. The Hall–Kier alpha value is -2.36. The highest BCUT2D eigenvalue weighted by Crippen LogP contribution is 2.61. The highest BCUT2D eigenvalue weighted by Gasteiger charge is 2.52. The fourth-order valence-corrected chi connectivity index (χ4v) is 5.91. The van der Waals surface area contributed by atoms with Gasteiger partial charge in [-0.05, 0) is 0 Å². The molecule has 0 saturated carbocycles. The van der Waals surface area contributed by atoms with Crippen molar-refractivity contribution in [2.24, 2.45) is 0 Å². The zero-order valence-corrected chi connectivity index (χ0v) is 21.8. The average Bonchev–Trinajstić information content (AvgIpc) is 3.09. The number of carboxylic acid groups (broad SMARTS) is 1. The Morgan fingerprint density at radius 1 is 1.05 bits per heavy atom. The lowest BCUT2D eigenvalue weighted by Crippen LogP contribution is -2.65. The molecule has 2 aliphatic heterocycles. The van der Waals surface area contributed by atoms with Crippen LogP contribution in [0.15, 0.2) is 21.9 Å². The van der Waals surface area contributed by atoms with E-state index in [0.29, 0.717) is 4.57 Å². The zero-order chi connectivity index (χ0) is 30.2. The van der Waals surface area contributed by atoms with E-state index < -0.39 is 101 Å². The van der Waals surface area contributed by atoms with Gasteiger partial charge in [-0.15, -0.1) is 0 Å². The first-order valence-corrected chi connectivity index (χ1v) is 14.0. The average molecular weight is 621 g/mol. The summed E-state index contributed by atoms with van der Waals surface area (Å²) in [6.07, 6.45) is -14.7. The van der Waals surface area contributed by atoms with Gasteiger partial charge in [-0.3, -0.25) is 28.2 Å². The molecule has 226 valence electrons. The summed E-state index contributed by atoms with van der Waals surface area (Å²) in [4.78, 5) is 67.7. The van der Waals surface area contributed by atoms with Gasteiger partial charge < -0.3 is 50.1 Å². The summed E-state index contributed by atoms with van der Waals surface area (Å²) in [6, 6.07) is -0.949. The number of aliphatic hydroxyl groups excluding tert-OH is 4. The number of aromatic amines is 1.